The average Bonchev–Trinajstić information content (AvgIpc) is 3.43. The predicted octanol–water partition coefficient (Wildman–Crippen LogP) is 5.79. The van der Waals surface area contributed by atoms with E-state index in [2.05, 4.69) is 48.1 Å². The minimum absolute atomic E-state index is 0.0792. The van der Waals surface area contributed by atoms with Gasteiger partial charge in [0, 0.05) is 29.7 Å². The summed E-state index contributed by atoms with van der Waals surface area (Å²) in [5.74, 6) is 1.08. The van der Waals surface area contributed by atoms with Gasteiger partial charge in [-0.2, -0.15) is 15.0 Å². The van der Waals surface area contributed by atoms with Crippen LogP contribution in [0, 0.1) is 0 Å². The lowest BCUT2D eigenvalue weighted by Crippen LogP contribution is -2.03. The van der Waals surface area contributed by atoms with Crippen molar-refractivity contribution >= 4 is 46.1 Å². The molecule has 35 heavy (non-hydrogen) atoms. The predicted molar refractivity (Wildman–Crippen MR) is 136 cm³/mol. The minimum Gasteiger partial charge on any atom is -0.507 e. The third-order valence-corrected chi connectivity index (χ3v) is 5.65. The van der Waals surface area contributed by atoms with Crippen LogP contribution in [0.3, 0.4) is 0 Å². The Hall–Kier alpha value is -4.98. The number of benzene rings is 3. The Morgan fingerprint density at radius 1 is 0.857 bits per heavy atom. The van der Waals surface area contributed by atoms with Crippen molar-refractivity contribution in [3.8, 4) is 17.1 Å². The summed E-state index contributed by atoms with van der Waals surface area (Å²) in [6.45, 7) is 0. The summed E-state index contributed by atoms with van der Waals surface area (Å²) in [6.07, 6.45) is 5.85. The van der Waals surface area contributed by atoms with Crippen molar-refractivity contribution in [1.29, 1.82) is 0 Å². The van der Waals surface area contributed by atoms with E-state index >= 15 is 0 Å². The monoisotopic (exact) mass is 460 g/mol. The van der Waals surface area contributed by atoms with Gasteiger partial charge in [-0.05, 0) is 42.5 Å². The molecule has 3 aromatic heterocycles. The van der Waals surface area contributed by atoms with E-state index in [1.54, 1.807) is 18.2 Å². The largest absolute Gasteiger partial charge is 0.507 e. The van der Waals surface area contributed by atoms with Crippen LogP contribution >= 0.6 is 0 Å². The maximum Gasteiger partial charge on any atom is 0.302 e. The molecule has 0 atom stereocenters. The Kier molecular flexibility index (Phi) is 4.96. The summed E-state index contributed by atoms with van der Waals surface area (Å²) in [6, 6.07) is 22.9. The number of nitrogens with one attached hydrogen (secondary N) is 1. The molecule has 0 saturated heterocycles. The van der Waals surface area contributed by atoms with Gasteiger partial charge in [-0.1, -0.05) is 42.5 Å². The standard InChI is InChI=1S/C27H20N6O2/c1-33-16-17(18-8-2-5-11-21(18)33)14-15-24-29-25(19-9-3-6-12-22(19)34)31-26(30-24)32-27-28-20-10-4-7-13-23(20)35-27/h2-16,34H,1H3,(H,28,29,30,31,32). The second-order valence-corrected chi connectivity index (χ2v) is 8.02. The zero-order valence-electron chi connectivity index (χ0n) is 18.8. The quantitative estimate of drug-likeness (QED) is 0.336. The molecule has 6 rings (SSSR count). The SMILES string of the molecule is Cn1cc(C=Cc2nc(Nc3nc4ccccc4o3)nc(-c3ccccc3O)n2)c2ccccc21. The molecular formula is C27H20N6O2. The summed E-state index contributed by atoms with van der Waals surface area (Å²) in [5, 5.41) is 14.6. The molecule has 0 unspecified atom stereocenters. The van der Waals surface area contributed by atoms with E-state index in [-0.39, 0.29) is 17.7 Å². The molecule has 6 aromatic rings. The van der Waals surface area contributed by atoms with Crippen molar-refractivity contribution in [2.24, 2.45) is 7.05 Å². The van der Waals surface area contributed by atoms with Crippen molar-refractivity contribution in [2.45, 2.75) is 0 Å². The van der Waals surface area contributed by atoms with Gasteiger partial charge in [0.1, 0.15) is 11.3 Å². The third-order valence-electron chi connectivity index (χ3n) is 5.65. The number of aryl methyl sites for hydroxylation is 1. The van der Waals surface area contributed by atoms with Crippen LogP contribution in [0.25, 0.3) is 45.5 Å². The van der Waals surface area contributed by atoms with Crippen LogP contribution in [0.15, 0.2) is 83.4 Å². The van der Waals surface area contributed by atoms with Crippen molar-refractivity contribution in [2.75, 3.05) is 5.32 Å². The van der Waals surface area contributed by atoms with Crippen LogP contribution in [0.1, 0.15) is 11.4 Å². The number of anilines is 2. The lowest BCUT2D eigenvalue weighted by atomic mass is 10.1. The van der Waals surface area contributed by atoms with Crippen LogP contribution in [0.2, 0.25) is 0 Å². The Morgan fingerprint density at radius 3 is 2.54 bits per heavy atom. The zero-order chi connectivity index (χ0) is 23.8. The van der Waals surface area contributed by atoms with Gasteiger partial charge >= 0.3 is 6.01 Å². The average molecular weight is 460 g/mol. The van der Waals surface area contributed by atoms with Crippen molar-refractivity contribution in [3.05, 3.63) is 90.4 Å². The van der Waals surface area contributed by atoms with Gasteiger partial charge < -0.3 is 14.1 Å². The number of phenols is 1. The van der Waals surface area contributed by atoms with Crippen LogP contribution in [-0.4, -0.2) is 29.6 Å². The normalized spacial score (nSPS) is 11.6. The highest BCUT2D eigenvalue weighted by Gasteiger charge is 2.13. The molecule has 0 amide bonds. The van der Waals surface area contributed by atoms with Crippen molar-refractivity contribution in [1.82, 2.24) is 24.5 Å². The molecule has 0 spiro atoms. The maximum atomic E-state index is 10.4. The zero-order valence-corrected chi connectivity index (χ0v) is 18.8. The van der Waals surface area contributed by atoms with Gasteiger partial charge in [-0.15, -0.1) is 0 Å². The molecule has 8 heteroatoms. The van der Waals surface area contributed by atoms with E-state index in [0.29, 0.717) is 22.8 Å². The molecule has 2 N–H and O–H groups in total. The second-order valence-electron chi connectivity index (χ2n) is 8.02. The van der Waals surface area contributed by atoms with Gasteiger partial charge in [0.15, 0.2) is 17.2 Å². The molecule has 0 aliphatic heterocycles. The number of hydrogen-bond acceptors (Lipinski definition) is 7. The maximum absolute atomic E-state index is 10.4. The Labute approximate surface area is 200 Å². The summed E-state index contributed by atoms with van der Waals surface area (Å²) in [4.78, 5) is 18.1. The van der Waals surface area contributed by atoms with Gasteiger partial charge in [0.05, 0.1) is 5.56 Å². The van der Waals surface area contributed by atoms with E-state index in [4.69, 9.17) is 4.42 Å². The van der Waals surface area contributed by atoms with E-state index < -0.39 is 0 Å². The highest BCUT2D eigenvalue weighted by molar-refractivity contribution is 5.91. The molecule has 0 bridgehead atoms. The first-order valence-corrected chi connectivity index (χ1v) is 11.0. The summed E-state index contributed by atoms with van der Waals surface area (Å²) in [7, 11) is 2.02. The molecular weight excluding hydrogens is 440 g/mol. The Bertz CT molecular complexity index is 1680. The number of aromatic hydroxyl groups is 1. The smallest absolute Gasteiger partial charge is 0.302 e. The Balaban J connectivity index is 1.42. The lowest BCUT2D eigenvalue weighted by molar-refractivity contribution is 0.477. The molecule has 170 valence electrons. The number of oxazole rings is 1. The van der Waals surface area contributed by atoms with E-state index in [1.807, 2.05) is 61.7 Å². The number of hydrogen-bond donors (Lipinski definition) is 2. The van der Waals surface area contributed by atoms with Crippen LogP contribution in [0.5, 0.6) is 5.75 Å². The molecule has 3 heterocycles. The lowest BCUT2D eigenvalue weighted by Gasteiger charge is -2.07. The van der Waals surface area contributed by atoms with Gasteiger partial charge in [0.25, 0.3) is 0 Å². The molecule has 0 aliphatic rings. The molecule has 0 saturated carbocycles. The highest BCUT2D eigenvalue weighted by atomic mass is 16.4. The molecule has 3 aromatic carbocycles. The number of rotatable bonds is 5. The number of phenolic OH excluding ortho intramolecular Hbond substituents is 1. The number of fused-ring (bicyclic) bond motifs is 2. The fourth-order valence-electron chi connectivity index (χ4n) is 4.00. The fraction of sp³-hybridized carbons (Fsp3) is 0.0370. The Morgan fingerprint density at radius 2 is 1.66 bits per heavy atom. The van der Waals surface area contributed by atoms with E-state index in [9.17, 15) is 5.11 Å². The molecule has 0 radical (unpaired) electrons. The first-order chi connectivity index (χ1) is 17.1. The van der Waals surface area contributed by atoms with Crippen molar-refractivity contribution < 1.29 is 9.52 Å². The molecule has 8 nitrogen and oxygen atoms in total. The number of para-hydroxylation sites is 4. The second kappa shape index (κ2) is 8.42. The van der Waals surface area contributed by atoms with Crippen molar-refractivity contribution in [3.63, 3.8) is 0 Å². The minimum atomic E-state index is 0.0792. The topological polar surface area (TPSA) is 102 Å². The third kappa shape index (κ3) is 3.97. The molecule has 0 fully saturated rings. The number of nitrogens with zero attached hydrogens (tertiary/aromatic N) is 5. The first-order valence-electron chi connectivity index (χ1n) is 11.0. The first kappa shape index (κ1) is 20.6. The summed E-state index contributed by atoms with van der Waals surface area (Å²) in [5.41, 5.74) is 4.05. The fourth-order valence-corrected chi connectivity index (χ4v) is 4.00. The van der Waals surface area contributed by atoms with Crippen LogP contribution in [0.4, 0.5) is 12.0 Å². The van der Waals surface area contributed by atoms with Gasteiger partial charge in [0.2, 0.25) is 5.95 Å². The number of aromatic nitrogens is 5. The van der Waals surface area contributed by atoms with E-state index in [1.165, 1.54) is 0 Å². The molecule has 0 aliphatic carbocycles. The summed E-state index contributed by atoms with van der Waals surface area (Å²) < 4.78 is 7.85. The summed E-state index contributed by atoms with van der Waals surface area (Å²) >= 11 is 0. The van der Waals surface area contributed by atoms with Crippen LogP contribution < -0.4 is 5.32 Å². The van der Waals surface area contributed by atoms with E-state index in [0.717, 1.165) is 22.0 Å². The highest BCUT2D eigenvalue weighted by Crippen LogP contribution is 2.28. The van der Waals surface area contributed by atoms with Gasteiger partial charge in [-0.25, -0.2) is 4.98 Å². The van der Waals surface area contributed by atoms with Crippen LogP contribution in [-0.2, 0) is 7.05 Å². The van der Waals surface area contributed by atoms with Gasteiger partial charge in [-0.3, -0.25) is 5.32 Å².